The third-order valence-electron chi connectivity index (χ3n) is 3.48. The van der Waals surface area contributed by atoms with Crippen LogP contribution in [-0.4, -0.2) is 0 Å². The first-order valence-electron chi connectivity index (χ1n) is 6.50. The molecule has 0 bridgehead atoms. The number of hydrazine groups is 1. The normalized spacial score (nSPS) is 12.8. The molecule has 0 aliphatic rings. The average molecular weight is 457 g/mol. The minimum Gasteiger partial charge on any atom is -0.459 e. The number of fused-ring (bicyclic) bond motifs is 1. The van der Waals surface area contributed by atoms with Gasteiger partial charge in [-0.15, -0.1) is 0 Å². The van der Waals surface area contributed by atoms with Crippen LogP contribution in [0.4, 0.5) is 0 Å². The van der Waals surface area contributed by atoms with Gasteiger partial charge in [-0.3, -0.25) is 5.84 Å². The lowest BCUT2D eigenvalue weighted by atomic mass is 10.0. The fourth-order valence-electron chi connectivity index (χ4n) is 2.43. The van der Waals surface area contributed by atoms with Crippen molar-refractivity contribution >= 4 is 49.5 Å². The zero-order valence-corrected chi connectivity index (χ0v) is 15.1. The summed E-state index contributed by atoms with van der Waals surface area (Å²) >= 11 is 5.82. The molecular formula is C16H14BrIN2O. The van der Waals surface area contributed by atoms with Crippen LogP contribution in [0.1, 0.15) is 22.9 Å². The molecule has 0 spiro atoms. The van der Waals surface area contributed by atoms with Gasteiger partial charge in [-0.25, -0.2) is 5.43 Å². The first kappa shape index (κ1) is 15.0. The van der Waals surface area contributed by atoms with Crippen molar-refractivity contribution in [2.75, 3.05) is 0 Å². The second kappa shape index (κ2) is 6.08. The molecule has 3 N–H and O–H groups in total. The molecule has 0 aliphatic heterocycles. The summed E-state index contributed by atoms with van der Waals surface area (Å²) in [4.78, 5) is 0. The van der Waals surface area contributed by atoms with E-state index in [9.17, 15) is 0 Å². The monoisotopic (exact) mass is 456 g/mol. The van der Waals surface area contributed by atoms with Gasteiger partial charge in [0.1, 0.15) is 17.4 Å². The van der Waals surface area contributed by atoms with Gasteiger partial charge in [0, 0.05) is 13.4 Å². The van der Waals surface area contributed by atoms with Gasteiger partial charge in [-0.2, -0.15) is 0 Å². The maximum Gasteiger partial charge on any atom is 0.137 e. The summed E-state index contributed by atoms with van der Waals surface area (Å²) in [7, 11) is 0. The van der Waals surface area contributed by atoms with Crippen molar-refractivity contribution in [3.63, 3.8) is 0 Å². The summed E-state index contributed by atoms with van der Waals surface area (Å²) in [5.41, 5.74) is 5.99. The van der Waals surface area contributed by atoms with Crippen LogP contribution < -0.4 is 11.3 Å². The number of benzene rings is 2. The van der Waals surface area contributed by atoms with Gasteiger partial charge in [0.25, 0.3) is 0 Å². The number of halogens is 2. The van der Waals surface area contributed by atoms with Crippen LogP contribution in [0.3, 0.4) is 0 Å². The Morgan fingerprint density at radius 2 is 2.05 bits per heavy atom. The van der Waals surface area contributed by atoms with Gasteiger partial charge in [-0.05, 0) is 64.9 Å². The number of hydrogen-bond donors (Lipinski definition) is 2. The fourth-order valence-corrected chi connectivity index (χ4v) is 3.46. The molecule has 0 aliphatic carbocycles. The molecule has 5 heteroatoms. The predicted molar refractivity (Wildman–Crippen MR) is 97.0 cm³/mol. The molecule has 0 amide bonds. The Bertz CT molecular complexity index is 800. The maximum atomic E-state index is 6.04. The van der Waals surface area contributed by atoms with Crippen LogP contribution in [0.2, 0.25) is 0 Å². The van der Waals surface area contributed by atoms with E-state index in [1.54, 1.807) is 0 Å². The van der Waals surface area contributed by atoms with Gasteiger partial charge in [0.05, 0.1) is 0 Å². The van der Waals surface area contributed by atoms with E-state index >= 15 is 0 Å². The summed E-state index contributed by atoms with van der Waals surface area (Å²) in [6.07, 6.45) is 0. The molecule has 1 aromatic heterocycles. The molecule has 3 aromatic rings. The number of rotatable bonds is 3. The van der Waals surface area contributed by atoms with E-state index in [-0.39, 0.29) is 6.04 Å². The van der Waals surface area contributed by atoms with Gasteiger partial charge in [0.15, 0.2) is 0 Å². The molecule has 1 heterocycles. The minimum atomic E-state index is -0.179. The van der Waals surface area contributed by atoms with Crippen molar-refractivity contribution in [3.8, 4) is 0 Å². The Kier molecular flexibility index (Phi) is 4.35. The van der Waals surface area contributed by atoms with E-state index < -0.39 is 0 Å². The van der Waals surface area contributed by atoms with E-state index in [0.717, 1.165) is 35.9 Å². The Hall–Kier alpha value is -0.890. The first-order chi connectivity index (χ1) is 10.1. The smallest absolute Gasteiger partial charge is 0.137 e. The first-order valence-corrected chi connectivity index (χ1v) is 8.37. The molecule has 0 radical (unpaired) electrons. The topological polar surface area (TPSA) is 51.2 Å². The molecule has 3 nitrogen and oxygen atoms in total. The minimum absolute atomic E-state index is 0.179. The zero-order valence-electron chi connectivity index (χ0n) is 11.4. The molecular weight excluding hydrogens is 443 g/mol. The van der Waals surface area contributed by atoms with Crippen LogP contribution in [0.15, 0.2) is 51.4 Å². The van der Waals surface area contributed by atoms with E-state index in [0.29, 0.717) is 0 Å². The number of furan rings is 1. The molecule has 108 valence electrons. The lowest BCUT2D eigenvalue weighted by Gasteiger charge is -2.16. The molecule has 1 atom stereocenters. The van der Waals surface area contributed by atoms with Crippen molar-refractivity contribution < 1.29 is 4.42 Å². The van der Waals surface area contributed by atoms with Crippen LogP contribution in [0.5, 0.6) is 0 Å². The van der Waals surface area contributed by atoms with Gasteiger partial charge < -0.3 is 4.42 Å². The Morgan fingerprint density at radius 3 is 2.76 bits per heavy atom. The lowest BCUT2D eigenvalue weighted by Crippen LogP contribution is -2.29. The molecule has 0 saturated heterocycles. The fraction of sp³-hybridized carbons (Fsp3) is 0.125. The van der Waals surface area contributed by atoms with Gasteiger partial charge >= 0.3 is 0 Å². The number of nitrogens with one attached hydrogen (secondary N) is 1. The summed E-state index contributed by atoms with van der Waals surface area (Å²) in [6.45, 7) is 2.04. The highest BCUT2D eigenvalue weighted by molar-refractivity contribution is 14.1. The average Bonchev–Trinajstić information content (AvgIpc) is 2.89. The lowest BCUT2D eigenvalue weighted by molar-refractivity contribution is 0.475. The van der Waals surface area contributed by atoms with Crippen molar-refractivity contribution in [3.05, 3.63) is 67.4 Å². The number of nitrogens with two attached hydrogens (primary N) is 1. The van der Waals surface area contributed by atoms with Crippen molar-refractivity contribution in [1.82, 2.24) is 5.43 Å². The quantitative estimate of drug-likeness (QED) is 0.342. The van der Waals surface area contributed by atoms with Gasteiger partial charge in [-0.1, -0.05) is 34.1 Å². The second-order valence-corrected chi connectivity index (χ2v) is 6.99. The summed E-state index contributed by atoms with van der Waals surface area (Å²) in [6, 6.07) is 14.1. The molecule has 2 aromatic carbocycles. The van der Waals surface area contributed by atoms with E-state index in [4.69, 9.17) is 10.3 Å². The van der Waals surface area contributed by atoms with Crippen LogP contribution in [0.25, 0.3) is 11.0 Å². The van der Waals surface area contributed by atoms with Crippen LogP contribution >= 0.6 is 38.5 Å². The molecule has 3 rings (SSSR count). The molecule has 0 fully saturated rings. The highest BCUT2D eigenvalue weighted by Gasteiger charge is 2.20. The number of hydrogen-bond acceptors (Lipinski definition) is 3. The molecule has 1 unspecified atom stereocenters. The standard InChI is InChI=1S/C16H14BrIN2O/c1-9-3-2-4-10-7-14(21-16(9)10)15(20-19)12-8-11(17)5-6-13(12)18/h2-8,15,20H,19H2,1H3. The zero-order chi connectivity index (χ0) is 15.0. The molecule has 0 saturated carbocycles. The summed E-state index contributed by atoms with van der Waals surface area (Å²) in [5.74, 6) is 6.60. The van der Waals surface area contributed by atoms with E-state index in [2.05, 4.69) is 62.1 Å². The maximum absolute atomic E-state index is 6.04. The van der Waals surface area contributed by atoms with Crippen molar-refractivity contribution in [1.29, 1.82) is 0 Å². The van der Waals surface area contributed by atoms with Crippen LogP contribution in [-0.2, 0) is 0 Å². The number of aryl methyl sites for hydroxylation is 1. The van der Waals surface area contributed by atoms with Gasteiger partial charge in [0.2, 0.25) is 0 Å². The highest BCUT2D eigenvalue weighted by atomic mass is 127. The summed E-state index contributed by atoms with van der Waals surface area (Å²) < 4.78 is 8.19. The molecule has 21 heavy (non-hydrogen) atoms. The highest BCUT2D eigenvalue weighted by Crippen LogP contribution is 2.32. The summed E-state index contributed by atoms with van der Waals surface area (Å²) in [5, 5.41) is 1.09. The predicted octanol–water partition coefficient (Wildman–Crippen LogP) is 4.66. The number of para-hydroxylation sites is 1. The van der Waals surface area contributed by atoms with Crippen molar-refractivity contribution in [2.45, 2.75) is 13.0 Å². The van der Waals surface area contributed by atoms with Crippen LogP contribution in [0, 0.1) is 10.5 Å². The largest absolute Gasteiger partial charge is 0.459 e. The van der Waals surface area contributed by atoms with E-state index in [1.165, 1.54) is 0 Å². The Balaban J connectivity index is 2.13. The third kappa shape index (κ3) is 2.88. The Labute approximate surface area is 145 Å². The van der Waals surface area contributed by atoms with Crippen molar-refractivity contribution in [2.24, 2.45) is 5.84 Å². The Morgan fingerprint density at radius 1 is 1.24 bits per heavy atom. The third-order valence-corrected chi connectivity index (χ3v) is 4.96. The van der Waals surface area contributed by atoms with E-state index in [1.807, 2.05) is 31.2 Å². The second-order valence-electron chi connectivity index (χ2n) is 4.91. The SMILES string of the molecule is Cc1cccc2cc(C(NN)c3cc(Br)ccc3I)oc12.